The molecule has 1 aliphatic heterocycles. The van der Waals surface area contributed by atoms with Crippen molar-refractivity contribution >= 4 is 60.7 Å². The third-order valence-corrected chi connectivity index (χ3v) is 13.3. The van der Waals surface area contributed by atoms with E-state index in [2.05, 4.69) is 234 Å². The number of aromatic nitrogens is 1. The van der Waals surface area contributed by atoms with Gasteiger partial charge in [-0.15, -0.1) is 0 Å². The molecule has 1 aliphatic carbocycles. The summed E-state index contributed by atoms with van der Waals surface area (Å²) in [6.45, 7) is 0. The molecule has 296 valence electrons. The summed E-state index contributed by atoms with van der Waals surface area (Å²) < 4.78 is 9.40. The molecular formula is C60H40N2O. The van der Waals surface area contributed by atoms with Crippen LogP contribution in [0.4, 0.5) is 11.4 Å². The Balaban J connectivity index is 0.974. The lowest BCUT2D eigenvalue weighted by atomic mass is 9.89. The maximum Gasteiger partial charge on any atom is 0.159 e. The van der Waals surface area contributed by atoms with Crippen LogP contribution in [0.2, 0.25) is 0 Å². The molecule has 0 saturated carbocycles. The van der Waals surface area contributed by atoms with Crippen LogP contribution >= 0.6 is 0 Å². The van der Waals surface area contributed by atoms with Gasteiger partial charge in [0.2, 0.25) is 0 Å². The molecule has 3 heteroatoms. The number of benzene rings is 9. The SMILES string of the molecule is C1=CCC2C(=C1)c1c(-c3ccc4c(c3)c3ccccc3n4-c3ccc(-c4ccccc4)cc3)cccc1N2c1ccc(-c2ccccc2-c2ccccc2)c2c1oc1ccccc12. The van der Waals surface area contributed by atoms with E-state index >= 15 is 0 Å². The van der Waals surface area contributed by atoms with E-state index in [0.717, 1.165) is 39.7 Å². The summed E-state index contributed by atoms with van der Waals surface area (Å²) in [4.78, 5) is 2.55. The van der Waals surface area contributed by atoms with Gasteiger partial charge in [0.15, 0.2) is 5.58 Å². The normalized spacial score (nSPS) is 14.4. The number of anilines is 2. The van der Waals surface area contributed by atoms with E-state index in [1.165, 1.54) is 83.1 Å². The molecule has 11 aromatic rings. The molecule has 3 nitrogen and oxygen atoms in total. The fourth-order valence-electron chi connectivity index (χ4n) is 10.5. The van der Waals surface area contributed by atoms with Crippen LogP contribution < -0.4 is 4.90 Å². The summed E-state index contributed by atoms with van der Waals surface area (Å²) in [5.74, 6) is 0. The predicted octanol–water partition coefficient (Wildman–Crippen LogP) is 16.2. The van der Waals surface area contributed by atoms with Crippen LogP contribution in [0, 0.1) is 0 Å². The summed E-state index contributed by atoms with van der Waals surface area (Å²) in [6.07, 6.45) is 7.77. The molecule has 63 heavy (non-hydrogen) atoms. The maximum absolute atomic E-state index is 6.99. The molecule has 1 atom stereocenters. The van der Waals surface area contributed by atoms with E-state index in [-0.39, 0.29) is 6.04 Å². The molecule has 0 bridgehead atoms. The minimum Gasteiger partial charge on any atom is -0.454 e. The van der Waals surface area contributed by atoms with Crippen LogP contribution in [0.1, 0.15) is 12.0 Å². The Kier molecular flexibility index (Phi) is 8.04. The molecule has 2 aliphatic rings. The second-order valence-electron chi connectivity index (χ2n) is 16.7. The summed E-state index contributed by atoms with van der Waals surface area (Å²) >= 11 is 0. The van der Waals surface area contributed by atoms with Crippen molar-refractivity contribution in [3.8, 4) is 50.2 Å². The minimum absolute atomic E-state index is 0.120. The fourth-order valence-corrected chi connectivity index (χ4v) is 10.5. The van der Waals surface area contributed by atoms with E-state index < -0.39 is 0 Å². The van der Waals surface area contributed by atoms with Crippen LogP contribution in [0.15, 0.2) is 229 Å². The third kappa shape index (κ3) is 5.53. The number of allylic oxidation sites excluding steroid dienone is 2. The zero-order chi connectivity index (χ0) is 41.4. The Bertz CT molecular complexity index is 3640. The Morgan fingerprint density at radius 2 is 1.11 bits per heavy atom. The van der Waals surface area contributed by atoms with Crippen LogP contribution in [0.3, 0.4) is 0 Å². The molecule has 0 amide bonds. The largest absolute Gasteiger partial charge is 0.454 e. The van der Waals surface area contributed by atoms with Crippen molar-refractivity contribution in [3.63, 3.8) is 0 Å². The van der Waals surface area contributed by atoms with Gasteiger partial charge in [0.25, 0.3) is 0 Å². The number of hydrogen-bond donors (Lipinski definition) is 0. The molecule has 0 N–H and O–H groups in total. The van der Waals surface area contributed by atoms with E-state index in [1.54, 1.807) is 0 Å². The van der Waals surface area contributed by atoms with Gasteiger partial charge in [-0.1, -0.05) is 176 Å². The average Bonchev–Trinajstić information content (AvgIpc) is 4.03. The Morgan fingerprint density at radius 1 is 0.444 bits per heavy atom. The smallest absolute Gasteiger partial charge is 0.159 e. The van der Waals surface area contributed by atoms with Crippen molar-refractivity contribution in [1.82, 2.24) is 4.57 Å². The lowest BCUT2D eigenvalue weighted by Gasteiger charge is -2.29. The van der Waals surface area contributed by atoms with Crippen LogP contribution in [-0.2, 0) is 0 Å². The van der Waals surface area contributed by atoms with Crippen molar-refractivity contribution in [3.05, 3.63) is 230 Å². The molecule has 0 fully saturated rings. The van der Waals surface area contributed by atoms with Crippen molar-refractivity contribution in [1.29, 1.82) is 0 Å². The summed E-state index contributed by atoms with van der Waals surface area (Å²) in [7, 11) is 0. The van der Waals surface area contributed by atoms with E-state index in [9.17, 15) is 0 Å². The molecule has 3 heterocycles. The zero-order valence-corrected chi connectivity index (χ0v) is 34.4. The van der Waals surface area contributed by atoms with Gasteiger partial charge in [0.1, 0.15) is 5.58 Å². The first-order valence-electron chi connectivity index (χ1n) is 21.9. The van der Waals surface area contributed by atoms with Crippen molar-refractivity contribution in [2.45, 2.75) is 12.5 Å². The standard InChI is InChI=1S/C60H40N2O/c1-3-16-39(17-4-1)40-30-33-43(34-31-40)61-52-26-12-9-22-47(52)51-38-42(32-36-54(51)61)45-25-15-28-55-58(45)49-23-10-13-27-53(49)62(55)56-37-35-48(59-50-24-11-14-29-57(50)63-60(56)59)46-21-8-7-20-44(46)41-18-5-2-6-19-41/h1-26,28-38,53H,27H2. The quantitative estimate of drug-likeness (QED) is 0.167. The molecule has 13 rings (SSSR count). The first-order chi connectivity index (χ1) is 31.3. The number of nitrogens with zero attached hydrogens (tertiary/aromatic N) is 2. The molecular weight excluding hydrogens is 765 g/mol. The molecule has 1 unspecified atom stereocenters. The fraction of sp³-hybridized carbons (Fsp3) is 0.0333. The Morgan fingerprint density at radius 3 is 1.95 bits per heavy atom. The van der Waals surface area contributed by atoms with Crippen molar-refractivity contribution < 1.29 is 4.42 Å². The third-order valence-electron chi connectivity index (χ3n) is 13.3. The first-order valence-corrected chi connectivity index (χ1v) is 21.9. The van der Waals surface area contributed by atoms with Crippen molar-refractivity contribution in [2.24, 2.45) is 0 Å². The average molecular weight is 805 g/mol. The second kappa shape index (κ2) is 14.2. The van der Waals surface area contributed by atoms with E-state index in [1.807, 2.05) is 0 Å². The van der Waals surface area contributed by atoms with Gasteiger partial charge in [-0.3, -0.25) is 0 Å². The number of rotatable bonds is 6. The van der Waals surface area contributed by atoms with Gasteiger partial charge in [0.05, 0.1) is 28.5 Å². The monoisotopic (exact) mass is 804 g/mol. The van der Waals surface area contributed by atoms with Crippen molar-refractivity contribution in [2.75, 3.05) is 4.90 Å². The predicted molar refractivity (Wildman–Crippen MR) is 264 cm³/mol. The minimum atomic E-state index is 0.120. The summed E-state index contributed by atoms with van der Waals surface area (Å²) in [5, 5.41) is 4.76. The van der Waals surface area contributed by atoms with Crippen LogP contribution in [0.5, 0.6) is 0 Å². The summed E-state index contributed by atoms with van der Waals surface area (Å²) in [6, 6.07) is 74.9. The molecule has 0 radical (unpaired) electrons. The summed E-state index contributed by atoms with van der Waals surface area (Å²) in [5.41, 5.74) is 19.9. The number of hydrogen-bond acceptors (Lipinski definition) is 2. The highest BCUT2D eigenvalue weighted by Crippen LogP contribution is 2.54. The molecule has 2 aromatic heterocycles. The van der Waals surface area contributed by atoms with Gasteiger partial charge in [-0.2, -0.15) is 0 Å². The zero-order valence-electron chi connectivity index (χ0n) is 34.4. The highest BCUT2D eigenvalue weighted by atomic mass is 16.3. The van der Waals surface area contributed by atoms with Gasteiger partial charge >= 0.3 is 0 Å². The number of fused-ring (bicyclic) bond motifs is 9. The molecule has 9 aromatic carbocycles. The van der Waals surface area contributed by atoms with E-state index in [0.29, 0.717) is 0 Å². The van der Waals surface area contributed by atoms with Gasteiger partial charge in [0, 0.05) is 32.8 Å². The highest BCUT2D eigenvalue weighted by molar-refractivity contribution is 6.18. The van der Waals surface area contributed by atoms with Crippen LogP contribution in [0.25, 0.3) is 99.5 Å². The Hall–Kier alpha value is -8.14. The maximum atomic E-state index is 6.99. The van der Waals surface area contributed by atoms with Gasteiger partial charge in [-0.05, 0) is 105 Å². The highest BCUT2D eigenvalue weighted by Gasteiger charge is 2.38. The van der Waals surface area contributed by atoms with Crippen LogP contribution in [-0.4, -0.2) is 10.6 Å². The second-order valence-corrected chi connectivity index (χ2v) is 16.7. The molecule has 0 spiro atoms. The molecule has 0 saturated heterocycles. The number of furan rings is 1. The number of para-hydroxylation sites is 2. The lowest BCUT2D eigenvalue weighted by Crippen LogP contribution is -2.27. The van der Waals surface area contributed by atoms with Gasteiger partial charge in [-0.25, -0.2) is 0 Å². The Labute approximate surface area is 365 Å². The van der Waals surface area contributed by atoms with Gasteiger partial charge < -0.3 is 13.9 Å². The van der Waals surface area contributed by atoms with E-state index in [4.69, 9.17) is 4.42 Å². The topological polar surface area (TPSA) is 21.3 Å². The first kappa shape index (κ1) is 35.6. The lowest BCUT2D eigenvalue weighted by molar-refractivity contribution is 0.666.